The topological polar surface area (TPSA) is 64.4 Å². The van der Waals surface area contributed by atoms with Crippen LogP contribution < -0.4 is 10.1 Å². The highest BCUT2D eigenvalue weighted by atomic mass is 35.5. The van der Waals surface area contributed by atoms with E-state index in [0.717, 1.165) is 13.0 Å². The molecule has 0 amide bonds. The van der Waals surface area contributed by atoms with Gasteiger partial charge >= 0.3 is 5.69 Å². The molecule has 0 spiro atoms. The number of para-hydroxylation sites is 1. The fourth-order valence-electron chi connectivity index (χ4n) is 2.03. The van der Waals surface area contributed by atoms with Crippen molar-refractivity contribution in [2.24, 2.45) is 5.92 Å². The third-order valence-electron chi connectivity index (χ3n) is 3.17. The van der Waals surface area contributed by atoms with Gasteiger partial charge in [-0.2, -0.15) is 0 Å². The number of nitrogens with one attached hydrogen (secondary N) is 1. The molecule has 1 saturated heterocycles. The van der Waals surface area contributed by atoms with E-state index in [2.05, 4.69) is 12.2 Å². The fourth-order valence-corrected chi connectivity index (χ4v) is 2.24. The van der Waals surface area contributed by atoms with Gasteiger partial charge in [0.05, 0.1) is 9.95 Å². The Kier molecular flexibility index (Phi) is 4.04. The Labute approximate surface area is 110 Å². The molecule has 0 aliphatic carbocycles. The molecule has 1 aromatic rings. The van der Waals surface area contributed by atoms with Crippen LogP contribution in [0.2, 0.25) is 5.02 Å². The monoisotopic (exact) mass is 270 g/mol. The number of ether oxygens (including phenoxy) is 1. The van der Waals surface area contributed by atoms with Crippen molar-refractivity contribution in [3.05, 3.63) is 33.3 Å². The van der Waals surface area contributed by atoms with Gasteiger partial charge in [0.15, 0.2) is 0 Å². The smallest absolute Gasteiger partial charge is 0.312 e. The maximum absolute atomic E-state index is 10.9. The molecule has 0 bridgehead atoms. The van der Waals surface area contributed by atoms with E-state index in [1.165, 1.54) is 6.07 Å². The van der Waals surface area contributed by atoms with E-state index in [1.807, 2.05) is 0 Å². The Hall–Kier alpha value is -1.33. The highest BCUT2D eigenvalue weighted by Crippen LogP contribution is 2.36. The minimum Gasteiger partial charge on any atom is -0.481 e. The molecule has 1 fully saturated rings. The van der Waals surface area contributed by atoms with Crippen molar-refractivity contribution in [1.29, 1.82) is 0 Å². The van der Waals surface area contributed by atoms with Gasteiger partial charge in [-0.15, -0.1) is 0 Å². The molecule has 98 valence electrons. The Bertz CT molecular complexity index is 453. The van der Waals surface area contributed by atoms with Crippen molar-refractivity contribution in [3.8, 4) is 5.75 Å². The van der Waals surface area contributed by atoms with Crippen LogP contribution >= 0.6 is 11.6 Å². The van der Waals surface area contributed by atoms with Gasteiger partial charge in [0.2, 0.25) is 5.75 Å². The normalized spacial score (nSPS) is 23.7. The molecular weight excluding hydrogens is 256 g/mol. The first-order chi connectivity index (χ1) is 8.59. The van der Waals surface area contributed by atoms with Crippen LogP contribution in [0.4, 0.5) is 5.69 Å². The average Bonchev–Trinajstić information content (AvgIpc) is 2.34. The summed E-state index contributed by atoms with van der Waals surface area (Å²) in [5.41, 5.74) is -0.0831. The summed E-state index contributed by atoms with van der Waals surface area (Å²) in [6, 6.07) is 4.56. The van der Waals surface area contributed by atoms with Crippen LogP contribution in [0, 0.1) is 16.0 Å². The summed E-state index contributed by atoms with van der Waals surface area (Å²) in [4.78, 5) is 10.5. The maximum Gasteiger partial charge on any atom is 0.312 e. The van der Waals surface area contributed by atoms with Crippen molar-refractivity contribution in [1.82, 2.24) is 5.32 Å². The van der Waals surface area contributed by atoms with Crippen LogP contribution in [-0.4, -0.2) is 24.1 Å². The molecule has 1 aromatic carbocycles. The van der Waals surface area contributed by atoms with Crippen LogP contribution in [-0.2, 0) is 0 Å². The molecule has 2 unspecified atom stereocenters. The Morgan fingerprint density at radius 2 is 2.33 bits per heavy atom. The lowest BCUT2D eigenvalue weighted by molar-refractivity contribution is -0.386. The third kappa shape index (κ3) is 2.73. The molecule has 1 N–H and O–H groups in total. The van der Waals surface area contributed by atoms with Gasteiger partial charge < -0.3 is 10.1 Å². The van der Waals surface area contributed by atoms with Gasteiger partial charge in [-0.25, -0.2) is 0 Å². The molecule has 6 heteroatoms. The number of nitro groups is 1. The van der Waals surface area contributed by atoms with E-state index < -0.39 is 4.92 Å². The Morgan fingerprint density at radius 3 is 3.00 bits per heavy atom. The molecule has 2 rings (SSSR count). The molecule has 2 atom stereocenters. The summed E-state index contributed by atoms with van der Waals surface area (Å²) in [5.74, 6) is 0.520. The first-order valence-corrected chi connectivity index (χ1v) is 6.27. The van der Waals surface area contributed by atoms with Gasteiger partial charge in [0.25, 0.3) is 0 Å². The molecular formula is C12H15ClN2O3. The number of halogens is 1. The van der Waals surface area contributed by atoms with Gasteiger partial charge in [-0.05, 0) is 24.9 Å². The van der Waals surface area contributed by atoms with Crippen LogP contribution in [0.3, 0.4) is 0 Å². The number of nitrogens with zero attached hydrogens (tertiary/aromatic N) is 1. The Morgan fingerprint density at radius 1 is 1.56 bits per heavy atom. The van der Waals surface area contributed by atoms with Crippen LogP contribution in [0.25, 0.3) is 0 Å². The predicted octanol–water partition coefficient (Wildman–Crippen LogP) is 2.63. The summed E-state index contributed by atoms with van der Waals surface area (Å²) in [5, 5.41) is 14.4. The van der Waals surface area contributed by atoms with E-state index in [1.54, 1.807) is 12.1 Å². The van der Waals surface area contributed by atoms with Crippen molar-refractivity contribution in [2.45, 2.75) is 19.4 Å². The van der Waals surface area contributed by atoms with Gasteiger partial charge in [0, 0.05) is 12.6 Å². The molecule has 5 nitrogen and oxygen atoms in total. The average molecular weight is 271 g/mol. The van der Waals surface area contributed by atoms with E-state index in [4.69, 9.17) is 16.3 Å². The number of piperidine rings is 1. The standard InChI is InChI=1S/C12H15ClN2O3/c1-8-5-6-14-7-11(8)18-12-9(13)3-2-4-10(12)15(16)17/h2-4,8,11,14H,5-7H2,1H3. The SMILES string of the molecule is CC1CCNCC1Oc1c(Cl)cccc1[N+](=O)[O-]. The van der Waals surface area contributed by atoms with Gasteiger partial charge in [-0.3, -0.25) is 10.1 Å². The summed E-state index contributed by atoms with van der Waals surface area (Å²) in [6.07, 6.45) is 0.903. The fraction of sp³-hybridized carbons (Fsp3) is 0.500. The van der Waals surface area contributed by atoms with E-state index in [-0.39, 0.29) is 22.6 Å². The molecule has 0 aromatic heterocycles. The third-order valence-corrected chi connectivity index (χ3v) is 3.47. The van der Waals surface area contributed by atoms with E-state index in [9.17, 15) is 10.1 Å². The second kappa shape index (κ2) is 5.54. The van der Waals surface area contributed by atoms with Crippen molar-refractivity contribution >= 4 is 17.3 Å². The van der Waals surface area contributed by atoms with Crippen molar-refractivity contribution < 1.29 is 9.66 Å². The zero-order valence-electron chi connectivity index (χ0n) is 10.1. The summed E-state index contributed by atoms with van der Waals surface area (Å²) >= 11 is 5.99. The molecule has 0 saturated carbocycles. The first-order valence-electron chi connectivity index (χ1n) is 5.90. The first kappa shape index (κ1) is 13.1. The minimum absolute atomic E-state index is 0.0831. The molecule has 18 heavy (non-hydrogen) atoms. The van der Waals surface area contributed by atoms with Crippen LogP contribution in [0.1, 0.15) is 13.3 Å². The van der Waals surface area contributed by atoms with Gasteiger partial charge in [-0.1, -0.05) is 24.6 Å². The minimum atomic E-state index is -0.470. The Balaban J connectivity index is 2.24. The lowest BCUT2D eigenvalue weighted by Crippen LogP contribution is -2.42. The summed E-state index contributed by atoms with van der Waals surface area (Å²) in [6.45, 7) is 3.71. The molecule has 1 aliphatic heterocycles. The maximum atomic E-state index is 10.9. The van der Waals surface area contributed by atoms with Crippen LogP contribution in [0.5, 0.6) is 5.75 Å². The quantitative estimate of drug-likeness (QED) is 0.677. The van der Waals surface area contributed by atoms with Gasteiger partial charge in [0.1, 0.15) is 6.10 Å². The number of nitro benzene ring substituents is 1. The number of hydrogen-bond acceptors (Lipinski definition) is 4. The predicted molar refractivity (Wildman–Crippen MR) is 69.2 cm³/mol. The van der Waals surface area contributed by atoms with E-state index >= 15 is 0 Å². The molecule has 1 heterocycles. The highest BCUT2D eigenvalue weighted by Gasteiger charge is 2.27. The summed E-state index contributed by atoms with van der Waals surface area (Å²) in [7, 11) is 0. The lowest BCUT2D eigenvalue weighted by Gasteiger charge is -2.30. The number of benzene rings is 1. The summed E-state index contributed by atoms with van der Waals surface area (Å²) < 4.78 is 5.75. The zero-order valence-corrected chi connectivity index (χ0v) is 10.8. The van der Waals surface area contributed by atoms with E-state index in [0.29, 0.717) is 12.5 Å². The lowest BCUT2D eigenvalue weighted by atomic mass is 9.97. The highest BCUT2D eigenvalue weighted by molar-refractivity contribution is 6.32. The second-order valence-corrected chi connectivity index (χ2v) is 4.88. The number of rotatable bonds is 3. The van der Waals surface area contributed by atoms with Crippen molar-refractivity contribution in [2.75, 3.05) is 13.1 Å². The zero-order chi connectivity index (χ0) is 13.1. The van der Waals surface area contributed by atoms with Crippen molar-refractivity contribution in [3.63, 3.8) is 0 Å². The largest absolute Gasteiger partial charge is 0.481 e. The second-order valence-electron chi connectivity index (χ2n) is 4.47. The molecule has 0 radical (unpaired) electrons. The number of hydrogen-bond donors (Lipinski definition) is 1. The van der Waals surface area contributed by atoms with Crippen LogP contribution in [0.15, 0.2) is 18.2 Å². The molecule has 1 aliphatic rings.